The first-order chi connectivity index (χ1) is 20.3. The van der Waals surface area contributed by atoms with Gasteiger partial charge < -0.3 is 19.6 Å². The zero-order valence-corrected chi connectivity index (χ0v) is 27.8. The first kappa shape index (κ1) is 34.4. The van der Waals surface area contributed by atoms with E-state index in [-0.39, 0.29) is 5.91 Å². The summed E-state index contributed by atoms with van der Waals surface area (Å²) in [6, 6.07) is 15.5. The summed E-state index contributed by atoms with van der Waals surface area (Å²) < 4.78 is 5.21. The molecule has 3 aromatic rings. The highest BCUT2D eigenvalue weighted by Crippen LogP contribution is 2.31. The minimum Gasteiger partial charge on any atom is -0.497 e. The number of methoxy groups -OCH3 is 1. The van der Waals surface area contributed by atoms with E-state index in [1.807, 2.05) is 30.9 Å². The van der Waals surface area contributed by atoms with E-state index >= 15 is 0 Å². The lowest BCUT2D eigenvalue weighted by atomic mass is 9.85. The maximum atomic E-state index is 12.9. The van der Waals surface area contributed by atoms with Gasteiger partial charge in [0.25, 0.3) is 5.91 Å². The molecular weight excluding hydrogens is 587 g/mol. The molecule has 0 aliphatic carbocycles. The van der Waals surface area contributed by atoms with Gasteiger partial charge in [0.05, 0.1) is 28.3 Å². The predicted molar refractivity (Wildman–Crippen MR) is 177 cm³/mol. The molecular formula is C34H46Cl2N2O3S. The maximum absolute atomic E-state index is 12.9. The summed E-state index contributed by atoms with van der Waals surface area (Å²) in [5, 5.41) is 16.0. The monoisotopic (exact) mass is 632 g/mol. The Morgan fingerprint density at radius 3 is 2.38 bits per heavy atom. The van der Waals surface area contributed by atoms with E-state index in [0.717, 1.165) is 77.0 Å². The molecule has 3 heterocycles. The molecule has 42 heavy (non-hydrogen) atoms. The van der Waals surface area contributed by atoms with E-state index in [1.54, 1.807) is 36.6 Å². The van der Waals surface area contributed by atoms with Crippen molar-refractivity contribution in [3.05, 3.63) is 86.0 Å². The topological polar surface area (TPSA) is 53.0 Å². The van der Waals surface area contributed by atoms with Crippen LogP contribution in [0.5, 0.6) is 5.75 Å². The van der Waals surface area contributed by atoms with Crippen LogP contribution >= 0.6 is 34.5 Å². The van der Waals surface area contributed by atoms with E-state index < -0.39 is 5.60 Å². The Labute approximate surface area is 266 Å². The van der Waals surface area contributed by atoms with Gasteiger partial charge in [0.15, 0.2) is 0 Å². The zero-order chi connectivity index (χ0) is 30.5. The van der Waals surface area contributed by atoms with Crippen molar-refractivity contribution in [1.29, 1.82) is 0 Å². The van der Waals surface area contributed by atoms with Crippen LogP contribution in [-0.4, -0.2) is 66.2 Å². The smallest absolute Gasteiger partial charge is 0.255 e. The molecule has 1 N–H and O–H groups in total. The van der Waals surface area contributed by atoms with Crippen LogP contribution in [0, 0.1) is 12.8 Å². The van der Waals surface area contributed by atoms with E-state index in [9.17, 15) is 9.90 Å². The summed E-state index contributed by atoms with van der Waals surface area (Å²) >= 11 is 14.1. The van der Waals surface area contributed by atoms with Crippen molar-refractivity contribution in [1.82, 2.24) is 9.80 Å². The van der Waals surface area contributed by atoms with Crippen LogP contribution in [0.15, 0.2) is 59.3 Å². The highest BCUT2D eigenvalue weighted by Gasteiger charge is 2.34. The van der Waals surface area contributed by atoms with Crippen LogP contribution in [0.1, 0.15) is 67.4 Å². The number of likely N-dealkylation sites (tertiary alicyclic amines) is 2. The number of carbonyl (C=O) groups is 1. The predicted octanol–water partition coefficient (Wildman–Crippen LogP) is 8.40. The standard InChI is InChI=1S/C27H34Cl2N2O3.C5H6S.C2H6/c1-34-22-9-7-20(8-10-22)4-3-12-27(33)13-16-30(17-14-27)18-21-11-15-31(19-21)26(32)23-5-2-6-24(28)25(23)29;1-5-2-3-6-4-5;1-2/h2,5-10,21,33H,3-4,11-19H2,1H3;2-4H,1H3;1-2H3/t21-;;/m1../s1. The molecule has 0 bridgehead atoms. The highest BCUT2D eigenvalue weighted by molar-refractivity contribution is 7.07. The second-order valence-electron chi connectivity index (χ2n) is 11.0. The van der Waals surface area contributed by atoms with Gasteiger partial charge in [-0.15, -0.1) is 0 Å². The molecule has 5 rings (SSSR count). The highest BCUT2D eigenvalue weighted by atomic mass is 35.5. The Balaban J connectivity index is 0.000000530. The molecule has 2 fully saturated rings. The lowest BCUT2D eigenvalue weighted by Crippen LogP contribution is -2.46. The van der Waals surface area contributed by atoms with Crippen LogP contribution in [0.2, 0.25) is 10.0 Å². The lowest BCUT2D eigenvalue weighted by Gasteiger charge is -2.39. The number of amides is 1. The van der Waals surface area contributed by atoms with Crippen molar-refractivity contribution in [3.8, 4) is 5.75 Å². The number of hydrogen-bond donors (Lipinski definition) is 1. The Morgan fingerprint density at radius 2 is 1.79 bits per heavy atom. The molecule has 2 aromatic carbocycles. The van der Waals surface area contributed by atoms with Gasteiger partial charge in [-0.3, -0.25) is 4.79 Å². The van der Waals surface area contributed by atoms with Crippen molar-refractivity contribution in [2.45, 2.75) is 64.9 Å². The van der Waals surface area contributed by atoms with Gasteiger partial charge in [-0.2, -0.15) is 11.3 Å². The number of hydrogen-bond acceptors (Lipinski definition) is 5. The Morgan fingerprint density at radius 1 is 1.07 bits per heavy atom. The number of halogens is 2. The molecule has 2 saturated heterocycles. The minimum absolute atomic E-state index is 0.0418. The summed E-state index contributed by atoms with van der Waals surface area (Å²) in [6.45, 7) is 10.4. The van der Waals surface area contributed by atoms with E-state index in [2.05, 4.69) is 40.8 Å². The molecule has 230 valence electrons. The van der Waals surface area contributed by atoms with E-state index in [1.165, 1.54) is 11.1 Å². The lowest BCUT2D eigenvalue weighted by molar-refractivity contribution is -0.0312. The maximum Gasteiger partial charge on any atom is 0.255 e. The van der Waals surface area contributed by atoms with Gasteiger partial charge in [-0.05, 0) is 104 Å². The third-order valence-corrected chi connectivity index (χ3v) is 9.61. The van der Waals surface area contributed by atoms with E-state index in [4.69, 9.17) is 27.9 Å². The van der Waals surface area contributed by atoms with E-state index in [0.29, 0.717) is 21.5 Å². The first-order valence-electron chi connectivity index (χ1n) is 15.1. The van der Waals surface area contributed by atoms with Crippen LogP contribution in [-0.2, 0) is 6.42 Å². The summed E-state index contributed by atoms with van der Waals surface area (Å²) in [6.07, 6.45) is 5.39. The van der Waals surface area contributed by atoms with Crippen molar-refractivity contribution < 1.29 is 14.6 Å². The minimum atomic E-state index is -0.566. The average Bonchev–Trinajstić information content (AvgIpc) is 3.69. The van der Waals surface area contributed by atoms with Crippen LogP contribution < -0.4 is 4.74 Å². The summed E-state index contributed by atoms with van der Waals surface area (Å²) in [4.78, 5) is 17.2. The van der Waals surface area contributed by atoms with Crippen LogP contribution in [0.4, 0.5) is 0 Å². The molecule has 2 aliphatic rings. The number of piperidine rings is 1. The van der Waals surface area contributed by atoms with Crippen molar-refractivity contribution in [2.75, 3.05) is 39.8 Å². The first-order valence-corrected chi connectivity index (χ1v) is 16.8. The molecule has 2 aliphatic heterocycles. The number of carbonyl (C=O) groups excluding carboxylic acids is 1. The number of benzene rings is 2. The van der Waals surface area contributed by atoms with Crippen molar-refractivity contribution >= 4 is 40.4 Å². The zero-order valence-electron chi connectivity index (χ0n) is 25.5. The fourth-order valence-electron chi connectivity index (χ4n) is 5.52. The molecule has 8 heteroatoms. The fraction of sp³-hybridized carbons (Fsp3) is 0.500. The molecule has 1 aromatic heterocycles. The number of ether oxygens (including phenoxy) is 1. The van der Waals surface area contributed by atoms with Gasteiger partial charge in [0.2, 0.25) is 0 Å². The summed E-state index contributed by atoms with van der Waals surface area (Å²) in [7, 11) is 1.68. The van der Waals surface area contributed by atoms with Crippen molar-refractivity contribution in [2.24, 2.45) is 5.92 Å². The summed E-state index contributed by atoms with van der Waals surface area (Å²) in [5.41, 5.74) is 2.55. The van der Waals surface area contributed by atoms with Crippen LogP contribution in [0.3, 0.4) is 0 Å². The average molecular weight is 634 g/mol. The molecule has 5 nitrogen and oxygen atoms in total. The molecule has 0 saturated carbocycles. The van der Waals surface area contributed by atoms with Gasteiger partial charge >= 0.3 is 0 Å². The molecule has 0 unspecified atom stereocenters. The SMILES string of the molecule is CC.COc1ccc(CCCC2(O)CCN(C[C@H]3CCN(C(=O)c4cccc(Cl)c4Cl)C3)CC2)cc1.Cc1ccsc1. The second kappa shape index (κ2) is 17.3. The molecule has 1 amide bonds. The third-order valence-electron chi connectivity index (χ3n) is 7.99. The number of nitrogens with zero attached hydrogens (tertiary/aromatic N) is 2. The Hall–Kier alpha value is -2.09. The van der Waals surface area contributed by atoms with Crippen LogP contribution in [0.25, 0.3) is 0 Å². The quantitative estimate of drug-likeness (QED) is 0.271. The summed E-state index contributed by atoms with van der Waals surface area (Å²) in [5.74, 6) is 1.28. The second-order valence-corrected chi connectivity index (χ2v) is 12.6. The number of thiophene rings is 1. The fourth-order valence-corrected chi connectivity index (χ4v) is 6.57. The molecule has 1 atom stereocenters. The number of aryl methyl sites for hydroxylation is 2. The van der Waals surface area contributed by atoms with Gasteiger partial charge in [0, 0.05) is 32.7 Å². The van der Waals surface area contributed by atoms with Gasteiger partial charge in [0.1, 0.15) is 5.75 Å². The van der Waals surface area contributed by atoms with Gasteiger partial charge in [-0.1, -0.05) is 55.2 Å². The Bertz CT molecular complexity index is 1210. The Kier molecular flexibility index (Phi) is 14.1. The third kappa shape index (κ3) is 10.3. The molecule has 0 spiro atoms. The number of aliphatic hydroxyl groups is 1. The molecule has 0 radical (unpaired) electrons. The number of rotatable bonds is 8. The largest absolute Gasteiger partial charge is 0.497 e. The van der Waals surface area contributed by atoms with Crippen molar-refractivity contribution in [3.63, 3.8) is 0 Å². The normalized spacial score (nSPS) is 18.0. The van der Waals surface area contributed by atoms with Gasteiger partial charge in [-0.25, -0.2) is 0 Å².